The maximum Gasteiger partial charge on any atom is 0.263 e. The number of alkyl halides is 2. The van der Waals surface area contributed by atoms with E-state index < -0.39 is 6.43 Å². The molecule has 0 radical (unpaired) electrons. The van der Waals surface area contributed by atoms with Crippen molar-refractivity contribution in [2.75, 3.05) is 40.3 Å². The lowest BCUT2D eigenvalue weighted by atomic mass is 10.0. The molecule has 0 aromatic heterocycles. The minimum atomic E-state index is -2.43. The zero-order valence-corrected chi connectivity index (χ0v) is 12.8. The summed E-state index contributed by atoms with van der Waals surface area (Å²) in [5.74, 6) is 0.632. The number of hydrogen-bond donors (Lipinski definition) is 1. The molecule has 0 spiro atoms. The van der Waals surface area contributed by atoms with E-state index in [4.69, 9.17) is 5.73 Å². The molecule has 1 aliphatic heterocycles. The Morgan fingerprint density at radius 1 is 1.38 bits per heavy atom. The van der Waals surface area contributed by atoms with Gasteiger partial charge in [0, 0.05) is 31.2 Å². The van der Waals surface area contributed by atoms with Crippen LogP contribution in [0.25, 0.3) is 0 Å². The summed E-state index contributed by atoms with van der Waals surface area (Å²) in [6, 6.07) is 6.62. The molecule has 1 aromatic rings. The zero-order valence-electron chi connectivity index (χ0n) is 12.8. The van der Waals surface area contributed by atoms with Crippen LogP contribution in [0.15, 0.2) is 24.3 Å². The average molecular weight is 297 g/mol. The Balaban J connectivity index is 2.05. The number of likely N-dealkylation sites (tertiary alicyclic amines) is 1. The average Bonchev–Trinajstić information content (AvgIpc) is 2.85. The molecular weight excluding hydrogens is 272 g/mol. The SMILES string of the molecule is CN1CCC(CN(C)C(CN)c2cccc(C(F)F)c2)C1. The highest BCUT2D eigenvalue weighted by Gasteiger charge is 2.24. The van der Waals surface area contributed by atoms with Crippen LogP contribution in [0, 0.1) is 5.92 Å². The summed E-state index contributed by atoms with van der Waals surface area (Å²) in [5.41, 5.74) is 6.84. The summed E-state index contributed by atoms with van der Waals surface area (Å²) in [7, 11) is 4.16. The minimum absolute atomic E-state index is 0.00499. The lowest BCUT2D eigenvalue weighted by Gasteiger charge is -2.30. The summed E-state index contributed by atoms with van der Waals surface area (Å²) < 4.78 is 25.7. The van der Waals surface area contributed by atoms with Crippen LogP contribution in [0.3, 0.4) is 0 Å². The number of halogens is 2. The Kier molecular flexibility index (Phi) is 5.67. The lowest BCUT2D eigenvalue weighted by Crippen LogP contribution is -2.35. The second-order valence-corrected chi connectivity index (χ2v) is 6.08. The van der Waals surface area contributed by atoms with Crippen molar-refractivity contribution < 1.29 is 8.78 Å². The van der Waals surface area contributed by atoms with Crippen LogP contribution >= 0.6 is 0 Å². The third kappa shape index (κ3) is 4.22. The van der Waals surface area contributed by atoms with E-state index in [0.29, 0.717) is 12.5 Å². The van der Waals surface area contributed by atoms with Crippen molar-refractivity contribution in [3.63, 3.8) is 0 Å². The van der Waals surface area contributed by atoms with E-state index in [2.05, 4.69) is 16.8 Å². The maximum atomic E-state index is 12.8. The van der Waals surface area contributed by atoms with Gasteiger partial charge in [0.2, 0.25) is 0 Å². The normalized spacial score (nSPS) is 21.4. The highest BCUT2D eigenvalue weighted by atomic mass is 19.3. The molecule has 0 amide bonds. The number of rotatable bonds is 6. The summed E-state index contributed by atoms with van der Waals surface area (Å²) in [6.45, 7) is 3.61. The zero-order chi connectivity index (χ0) is 15.4. The van der Waals surface area contributed by atoms with Gasteiger partial charge in [-0.05, 0) is 44.6 Å². The fraction of sp³-hybridized carbons (Fsp3) is 0.625. The van der Waals surface area contributed by atoms with Gasteiger partial charge in [-0.15, -0.1) is 0 Å². The molecule has 1 fully saturated rings. The molecule has 2 rings (SSSR count). The van der Waals surface area contributed by atoms with Crippen molar-refractivity contribution in [3.05, 3.63) is 35.4 Å². The highest BCUT2D eigenvalue weighted by Crippen LogP contribution is 2.26. The number of nitrogens with two attached hydrogens (primary N) is 1. The molecule has 2 unspecified atom stereocenters. The molecule has 3 nitrogen and oxygen atoms in total. The van der Waals surface area contributed by atoms with Crippen LogP contribution in [0.5, 0.6) is 0 Å². The molecule has 2 atom stereocenters. The van der Waals surface area contributed by atoms with Crippen molar-refractivity contribution in [1.82, 2.24) is 9.80 Å². The quantitative estimate of drug-likeness (QED) is 0.875. The third-order valence-electron chi connectivity index (χ3n) is 4.34. The summed E-state index contributed by atoms with van der Waals surface area (Å²) >= 11 is 0. The van der Waals surface area contributed by atoms with Gasteiger partial charge in [0.05, 0.1) is 0 Å². The topological polar surface area (TPSA) is 32.5 Å². The standard InChI is InChI=1S/C16H25F2N3/c1-20-7-6-12(10-20)11-21(2)15(9-19)13-4-3-5-14(8-13)16(17)18/h3-5,8,12,15-16H,6-7,9-11,19H2,1-2H3. The van der Waals surface area contributed by atoms with Gasteiger partial charge < -0.3 is 10.6 Å². The largest absolute Gasteiger partial charge is 0.329 e. The van der Waals surface area contributed by atoms with E-state index in [0.717, 1.165) is 25.2 Å². The minimum Gasteiger partial charge on any atom is -0.329 e. The number of hydrogen-bond acceptors (Lipinski definition) is 3. The fourth-order valence-electron chi connectivity index (χ4n) is 3.18. The van der Waals surface area contributed by atoms with E-state index in [1.165, 1.54) is 12.5 Å². The molecule has 21 heavy (non-hydrogen) atoms. The Morgan fingerprint density at radius 2 is 2.10 bits per heavy atom. The van der Waals surface area contributed by atoms with Crippen molar-refractivity contribution in [2.45, 2.75) is 18.9 Å². The van der Waals surface area contributed by atoms with Crippen molar-refractivity contribution in [2.24, 2.45) is 11.7 Å². The second-order valence-electron chi connectivity index (χ2n) is 6.08. The molecule has 2 N–H and O–H groups in total. The molecule has 1 aromatic carbocycles. The predicted molar refractivity (Wildman–Crippen MR) is 81.4 cm³/mol. The maximum absolute atomic E-state index is 12.8. The predicted octanol–water partition coefficient (Wildman–Crippen LogP) is 2.51. The molecule has 1 saturated heterocycles. The molecule has 0 saturated carbocycles. The van der Waals surface area contributed by atoms with E-state index >= 15 is 0 Å². The van der Waals surface area contributed by atoms with E-state index in [1.54, 1.807) is 12.1 Å². The molecule has 0 aliphatic carbocycles. The first-order valence-corrected chi connectivity index (χ1v) is 7.48. The molecular formula is C16H25F2N3. The Morgan fingerprint density at radius 3 is 2.67 bits per heavy atom. The first-order chi connectivity index (χ1) is 10.0. The Hall–Kier alpha value is -1.04. The van der Waals surface area contributed by atoms with Crippen LogP contribution < -0.4 is 5.73 Å². The van der Waals surface area contributed by atoms with Crippen LogP contribution in [0.4, 0.5) is 8.78 Å². The van der Waals surface area contributed by atoms with Crippen LogP contribution in [-0.2, 0) is 0 Å². The van der Waals surface area contributed by atoms with Gasteiger partial charge in [0.25, 0.3) is 6.43 Å². The van der Waals surface area contributed by atoms with Gasteiger partial charge in [-0.3, -0.25) is 4.90 Å². The van der Waals surface area contributed by atoms with Gasteiger partial charge in [-0.2, -0.15) is 0 Å². The van der Waals surface area contributed by atoms with Crippen molar-refractivity contribution in [1.29, 1.82) is 0 Å². The van der Waals surface area contributed by atoms with Crippen molar-refractivity contribution >= 4 is 0 Å². The van der Waals surface area contributed by atoms with Crippen LogP contribution in [-0.4, -0.2) is 50.1 Å². The van der Waals surface area contributed by atoms with E-state index in [-0.39, 0.29) is 11.6 Å². The summed E-state index contributed by atoms with van der Waals surface area (Å²) in [4.78, 5) is 4.53. The monoisotopic (exact) mass is 297 g/mol. The number of likely N-dealkylation sites (N-methyl/N-ethyl adjacent to an activating group) is 1. The molecule has 0 bridgehead atoms. The second kappa shape index (κ2) is 7.29. The third-order valence-corrected chi connectivity index (χ3v) is 4.34. The van der Waals surface area contributed by atoms with Gasteiger partial charge in [0.1, 0.15) is 0 Å². The van der Waals surface area contributed by atoms with Gasteiger partial charge >= 0.3 is 0 Å². The highest BCUT2D eigenvalue weighted by molar-refractivity contribution is 5.27. The van der Waals surface area contributed by atoms with Crippen LogP contribution in [0.2, 0.25) is 0 Å². The van der Waals surface area contributed by atoms with E-state index in [1.807, 2.05) is 13.1 Å². The first-order valence-electron chi connectivity index (χ1n) is 7.48. The van der Waals surface area contributed by atoms with Gasteiger partial charge in [-0.1, -0.05) is 18.2 Å². The number of nitrogens with zero attached hydrogens (tertiary/aromatic N) is 2. The number of benzene rings is 1. The Labute approximate surface area is 125 Å². The molecule has 1 heterocycles. The summed E-state index contributed by atoms with van der Waals surface area (Å²) in [6.07, 6.45) is -1.24. The van der Waals surface area contributed by atoms with Gasteiger partial charge in [-0.25, -0.2) is 8.78 Å². The lowest BCUT2D eigenvalue weighted by molar-refractivity contribution is 0.151. The van der Waals surface area contributed by atoms with Gasteiger partial charge in [0.15, 0.2) is 0 Å². The molecule has 1 aliphatic rings. The van der Waals surface area contributed by atoms with E-state index in [9.17, 15) is 8.78 Å². The fourth-order valence-corrected chi connectivity index (χ4v) is 3.18. The first kappa shape index (κ1) is 16.3. The smallest absolute Gasteiger partial charge is 0.263 e. The summed E-state index contributed by atoms with van der Waals surface area (Å²) in [5, 5.41) is 0. The molecule has 118 valence electrons. The molecule has 5 heteroatoms. The van der Waals surface area contributed by atoms with Crippen molar-refractivity contribution in [3.8, 4) is 0 Å². The van der Waals surface area contributed by atoms with Crippen LogP contribution in [0.1, 0.15) is 30.0 Å². The Bertz CT molecular complexity index is 453.